The fraction of sp³-hybridized carbons (Fsp3) is 0.375. The lowest BCUT2D eigenvalue weighted by molar-refractivity contribution is 0.0684. The molecule has 3 heterocycles. The lowest BCUT2D eigenvalue weighted by Crippen LogP contribution is -2.39. The molecule has 0 spiro atoms. The molecule has 5 nitrogen and oxygen atoms in total. The molecule has 1 aromatic carbocycles. The summed E-state index contributed by atoms with van der Waals surface area (Å²) >= 11 is 0. The Kier molecular flexibility index (Phi) is 5.47. The van der Waals surface area contributed by atoms with Crippen molar-refractivity contribution in [2.45, 2.75) is 40.0 Å². The minimum Gasteiger partial charge on any atom is -0.354 e. The summed E-state index contributed by atoms with van der Waals surface area (Å²) in [5, 5.41) is 4.38. The Hall–Kier alpha value is -2.95. The van der Waals surface area contributed by atoms with Crippen molar-refractivity contribution in [3.05, 3.63) is 59.4 Å². The van der Waals surface area contributed by atoms with Crippen LogP contribution in [0.15, 0.2) is 42.6 Å². The topological polar surface area (TPSA) is 58.1 Å². The van der Waals surface area contributed by atoms with Crippen molar-refractivity contribution in [2.75, 3.05) is 18.4 Å². The molecule has 1 aliphatic heterocycles. The second kappa shape index (κ2) is 8.19. The van der Waals surface area contributed by atoms with Gasteiger partial charge in [-0.3, -0.25) is 4.79 Å². The van der Waals surface area contributed by atoms with E-state index in [1.54, 1.807) is 6.20 Å². The molecule has 0 saturated carbocycles. The minimum absolute atomic E-state index is 0.0423. The third-order valence-corrected chi connectivity index (χ3v) is 5.65. The van der Waals surface area contributed by atoms with E-state index >= 15 is 0 Å². The molecule has 1 aliphatic rings. The number of nitrogens with zero attached hydrogens (tertiary/aromatic N) is 3. The molecule has 0 aliphatic carbocycles. The second-order valence-electron chi connectivity index (χ2n) is 8.05. The second-order valence-corrected chi connectivity index (χ2v) is 8.05. The molecule has 1 amide bonds. The van der Waals surface area contributed by atoms with Crippen LogP contribution in [-0.2, 0) is 6.42 Å². The highest BCUT2D eigenvalue weighted by molar-refractivity contribution is 6.07. The van der Waals surface area contributed by atoms with Crippen molar-refractivity contribution in [3.8, 4) is 0 Å². The number of fused-ring (bicyclic) bond motifs is 1. The van der Waals surface area contributed by atoms with Crippen molar-refractivity contribution < 1.29 is 4.79 Å². The molecule has 3 aromatic rings. The maximum absolute atomic E-state index is 13.4. The van der Waals surface area contributed by atoms with Crippen molar-refractivity contribution in [1.82, 2.24) is 14.9 Å². The SMILES string of the molecule is CCc1cccc(Nc2c(C(=O)N3CCCC(C)C3)cnc3nc(C)ccc23)c1. The summed E-state index contributed by atoms with van der Waals surface area (Å²) in [5.41, 5.74) is 5.19. The Morgan fingerprint density at radius 2 is 2.14 bits per heavy atom. The molecule has 150 valence electrons. The van der Waals surface area contributed by atoms with E-state index in [0.29, 0.717) is 17.1 Å². The van der Waals surface area contributed by atoms with E-state index in [1.165, 1.54) is 12.0 Å². The average Bonchev–Trinajstić information content (AvgIpc) is 2.73. The molecule has 1 unspecified atom stereocenters. The van der Waals surface area contributed by atoms with Crippen molar-refractivity contribution >= 4 is 28.3 Å². The van der Waals surface area contributed by atoms with Gasteiger partial charge in [-0.1, -0.05) is 26.0 Å². The first-order valence-corrected chi connectivity index (χ1v) is 10.5. The molecule has 5 heteroatoms. The van der Waals surface area contributed by atoms with Crippen LogP contribution >= 0.6 is 0 Å². The molecule has 2 aromatic heterocycles. The third-order valence-electron chi connectivity index (χ3n) is 5.65. The smallest absolute Gasteiger partial charge is 0.257 e. The summed E-state index contributed by atoms with van der Waals surface area (Å²) in [7, 11) is 0. The third kappa shape index (κ3) is 4.09. The summed E-state index contributed by atoms with van der Waals surface area (Å²) < 4.78 is 0. The molecule has 1 N–H and O–H groups in total. The normalized spacial score (nSPS) is 16.8. The van der Waals surface area contributed by atoms with Crippen LogP contribution in [0, 0.1) is 12.8 Å². The molecule has 1 fully saturated rings. The summed E-state index contributed by atoms with van der Waals surface area (Å²) in [6.07, 6.45) is 4.88. The molecule has 1 saturated heterocycles. The van der Waals surface area contributed by atoms with Gasteiger partial charge in [-0.05, 0) is 61.9 Å². The zero-order chi connectivity index (χ0) is 20.4. The number of anilines is 2. The highest BCUT2D eigenvalue weighted by Crippen LogP contribution is 2.31. The number of aromatic nitrogens is 2. The molecule has 1 atom stereocenters. The van der Waals surface area contributed by atoms with Gasteiger partial charge in [-0.25, -0.2) is 9.97 Å². The van der Waals surface area contributed by atoms with E-state index in [-0.39, 0.29) is 5.91 Å². The molecule has 0 radical (unpaired) electrons. The number of aryl methyl sites for hydroxylation is 2. The lowest BCUT2D eigenvalue weighted by atomic mass is 9.99. The van der Waals surface area contributed by atoms with Gasteiger partial charge in [-0.15, -0.1) is 0 Å². The van der Waals surface area contributed by atoms with Crippen LogP contribution in [0.1, 0.15) is 48.3 Å². The summed E-state index contributed by atoms with van der Waals surface area (Å²) in [5.74, 6) is 0.573. The van der Waals surface area contributed by atoms with Gasteiger partial charge in [0.1, 0.15) is 0 Å². The van der Waals surface area contributed by atoms with Crippen LogP contribution in [0.3, 0.4) is 0 Å². The Balaban J connectivity index is 1.79. The van der Waals surface area contributed by atoms with E-state index in [9.17, 15) is 4.79 Å². The highest BCUT2D eigenvalue weighted by Gasteiger charge is 2.25. The molecule has 0 bridgehead atoms. The zero-order valence-electron chi connectivity index (χ0n) is 17.4. The van der Waals surface area contributed by atoms with Crippen LogP contribution in [0.4, 0.5) is 11.4 Å². The van der Waals surface area contributed by atoms with Gasteiger partial charge >= 0.3 is 0 Å². The average molecular weight is 389 g/mol. The van der Waals surface area contributed by atoms with E-state index in [0.717, 1.165) is 48.4 Å². The van der Waals surface area contributed by atoms with Crippen LogP contribution in [0.5, 0.6) is 0 Å². The summed E-state index contributed by atoms with van der Waals surface area (Å²) in [6, 6.07) is 12.3. The first kappa shape index (κ1) is 19.4. The van der Waals surface area contributed by atoms with Crippen LogP contribution in [0.25, 0.3) is 11.0 Å². The number of piperidine rings is 1. The molecular weight excluding hydrogens is 360 g/mol. The maximum Gasteiger partial charge on any atom is 0.257 e. The predicted molar refractivity (Wildman–Crippen MR) is 118 cm³/mol. The number of benzene rings is 1. The number of carbonyl (C=O) groups excluding carboxylic acids is 1. The molecular formula is C24H28N4O. The van der Waals surface area contributed by atoms with E-state index in [4.69, 9.17) is 0 Å². The van der Waals surface area contributed by atoms with Crippen LogP contribution in [0.2, 0.25) is 0 Å². The van der Waals surface area contributed by atoms with Gasteiger partial charge in [-0.2, -0.15) is 0 Å². The number of pyridine rings is 2. The molecule has 4 rings (SSSR count). The molecule has 29 heavy (non-hydrogen) atoms. The van der Waals surface area contributed by atoms with Gasteiger partial charge in [0.05, 0.1) is 11.3 Å². The maximum atomic E-state index is 13.4. The fourth-order valence-corrected chi connectivity index (χ4v) is 4.03. The quantitative estimate of drug-likeness (QED) is 0.674. The van der Waals surface area contributed by atoms with Gasteiger partial charge in [0.15, 0.2) is 5.65 Å². The Morgan fingerprint density at radius 3 is 2.93 bits per heavy atom. The van der Waals surface area contributed by atoms with Crippen LogP contribution < -0.4 is 5.32 Å². The van der Waals surface area contributed by atoms with Gasteiger partial charge < -0.3 is 10.2 Å². The highest BCUT2D eigenvalue weighted by atomic mass is 16.2. The van der Waals surface area contributed by atoms with Crippen molar-refractivity contribution in [2.24, 2.45) is 5.92 Å². The van der Waals surface area contributed by atoms with E-state index in [1.807, 2.05) is 36.1 Å². The Labute approximate surface area is 172 Å². The minimum atomic E-state index is 0.0423. The number of nitrogens with one attached hydrogen (secondary N) is 1. The van der Waals surface area contributed by atoms with Gasteiger partial charge in [0, 0.05) is 36.1 Å². The van der Waals surface area contributed by atoms with Gasteiger partial charge in [0.25, 0.3) is 5.91 Å². The first-order valence-electron chi connectivity index (χ1n) is 10.5. The first-order chi connectivity index (χ1) is 14.0. The fourth-order valence-electron chi connectivity index (χ4n) is 4.03. The number of hydrogen-bond acceptors (Lipinski definition) is 4. The number of likely N-dealkylation sites (tertiary alicyclic amines) is 1. The van der Waals surface area contributed by atoms with Crippen molar-refractivity contribution in [3.63, 3.8) is 0 Å². The number of rotatable bonds is 4. The Bertz CT molecular complexity index is 1050. The van der Waals surface area contributed by atoms with Crippen LogP contribution in [-0.4, -0.2) is 33.9 Å². The van der Waals surface area contributed by atoms with Gasteiger partial charge in [0.2, 0.25) is 0 Å². The summed E-state index contributed by atoms with van der Waals surface area (Å²) in [4.78, 5) is 24.5. The largest absolute Gasteiger partial charge is 0.354 e. The number of carbonyl (C=O) groups is 1. The predicted octanol–water partition coefficient (Wildman–Crippen LogP) is 5.12. The standard InChI is InChI=1S/C24H28N4O/c1-4-18-8-5-9-19(13-18)27-22-20-11-10-17(3)26-23(20)25-14-21(22)24(29)28-12-6-7-16(2)15-28/h5,8-11,13-14,16H,4,6-7,12,15H2,1-3H3,(H,25,26,27). The Morgan fingerprint density at radius 1 is 1.28 bits per heavy atom. The van der Waals surface area contributed by atoms with E-state index < -0.39 is 0 Å². The zero-order valence-corrected chi connectivity index (χ0v) is 17.4. The lowest BCUT2D eigenvalue weighted by Gasteiger charge is -2.31. The number of amides is 1. The monoisotopic (exact) mass is 388 g/mol. The van der Waals surface area contributed by atoms with E-state index in [2.05, 4.69) is 41.3 Å². The van der Waals surface area contributed by atoms with Crippen molar-refractivity contribution in [1.29, 1.82) is 0 Å². The number of hydrogen-bond donors (Lipinski definition) is 1. The summed E-state index contributed by atoms with van der Waals surface area (Å²) in [6.45, 7) is 7.90.